The van der Waals surface area contributed by atoms with Crippen LogP contribution in [0, 0.1) is 6.92 Å². The lowest BCUT2D eigenvalue weighted by atomic mass is 10.1. The summed E-state index contributed by atoms with van der Waals surface area (Å²) in [6.45, 7) is 2.80. The number of likely N-dealkylation sites (tertiary alicyclic amines) is 1. The smallest absolute Gasteiger partial charge is 0.417 e. The molecule has 5 nitrogen and oxygen atoms in total. The highest BCUT2D eigenvalue weighted by molar-refractivity contribution is 5.82. The van der Waals surface area contributed by atoms with Gasteiger partial charge in [-0.2, -0.15) is 13.2 Å². The Morgan fingerprint density at radius 2 is 1.85 bits per heavy atom. The van der Waals surface area contributed by atoms with E-state index >= 15 is 0 Å². The quantitative estimate of drug-likeness (QED) is 0.358. The van der Waals surface area contributed by atoms with E-state index in [2.05, 4.69) is 4.98 Å². The Bertz CT molecular complexity index is 1220. The molecule has 0 spiro atoms. The van der Waals surface area contributed by atoms with Gasteiger partial charge < -0.3 is 4.74 Å². The Morgan fingerprint density at radius 1 is 1.12 bits per heavy atom. The summed E-state index contributed by atoms with van der Waals surface area (Å²) in [5, 5.41) is -0.482. The van der Waals surface area contributed by atoms with E-state index in [0.717, 1.165) is 10.6 Å². The highest BCUT2D eigenvalue weighted by Crippen LogP contribution is 2.33. The van der Waals surface area contributed by atoms with Gasteiger partial charge in [0.25, 0.3) is 11.5 Å². The van der Waals surface area contributed by atoms with Gasteiger partial charge in [0.1, 0.15) is 11.6 Å². The molecule has 0 saturated carbocycles. The van der Waals surface area contributed by atoms with Crippen molar-refractivity contribution in [3.8, 4) is 11.4 Å². The molecule has 0 bridgehead atoms. The fraction of sp³-hybridized carbons (Fsp3) is 0.417. The molecule has 0 unspecified atom stereocenters. The third kappa shape index (κ3) is 5.22. The monoisotopic (exact) mass is 481 g/mol. The summed E-state index contributed by atoms with van der Waals surface area (Å²) in [5.41, 5.74) is -1.48. The molecule has 182 valence electrons. The third-order valence-corrected chi connectivity index (χ3v) is 5.82. The molecule has 3 aromatic rings. The van der Waals surface area contributed by atoms with Crippen molar-refractivity contribution in [2.45, 2.75) is 38.3 Å². The molecule has 0 amide bonds. The molecule has 2 heterocycles. The second-order valence-corrected chi connectivity index (χ2v) is 8.43. The van der Waals surface area contributed by atoms with Gasteiger partial charge in [-0.1, -0.05) is 6.07 Å². The maximum absolute atomic E-state index is 13.5. The number of piperidine rings is 1. The SMILES string of the molecule is Cc1nc2cccc(C(F)(F)F)c2c(=O)n1-c1ccc(OCCCN2CCCC(F)(F)C2)cc1. The number of aryl methyl sites for hydroxylation is 1. The average Bonchev–Trinajstić information content (AvgIpc) is 2.76. The number of aromatic nitrogens is 2. The summed E-state index contributed by atoms with van der Waals surface area (Å²) >= 11 is 0. The molecular weight excluding hydrogens is 457 g/mol. The van der Waals surface area contributed by atoms with Crippen molar-refractivity contribution in [1.29, 1.82) is 0 Å². The van der Waals surface area contributed by atoms with Crippen molar-refractivity contribution in [2.75, 3.05) is 26.2 Å². The first kappa shape index (κ1) is 24.1. The van der Waals surface area contributed by atoms with Gasteiger partial charge in [-0.05, 0) is 62.7 Å². The molecule has 4 rings (SSSR count). The minimum absolute atomic E-state index is 0.0139. The van der Waals surface area contributed by atoms with Crippen LogP contribution in [0.15, 0.2) is 47.3 Å². The van der Waals surface area contributed by atoms with Crippen LogP contribution in [0.1, 0.15) is 30.7 Å². The molecule has 0 aliphatic carbocycles. The van der Waals surface area contributed by atoms with E-state index in [1.165, 1.54) is 12.1 Å². The first-order valence-electron chi connectivity index (χ1n) is 11.0. The van der Waals surface area contributed by atoms with Crippen LogP contribution >= 0.6 is 0 Å². The zero-order valence-electron chi connectivity index (χ0n) is 18.5. The van der Waals surface area contributed by atoms with E-state index in [-0.39, 0.29) is 24.3 Å². The lowest BCUT2D eigenvalue weighted by molar-refractivity contribution is -0.136. The summed E-state index contributed by atoms with van der Waals surface area (Å²) in [5.74, 6) is -1.88. The lowest BCUT2D eigenvalue weighted by Gasteiger charge is -2.32. The summed E-state index contributed by atoms with van der Waals surface area (Å²) in [4.78, 5) is 19.0. The van der Waals surface area contributed by atoms with Gasteiger partial charge in [-0.15, -0.1) is 0 Å². The van der Waals surface area contributed by atoms with Crippen LogP contribution in [0.2, 0.25) is 0 Å². The number of nitrogens with zero attached hydrogens (tertiary/aromatic N) is 3. The molecule has 0 N–H and O–H groups in total. The van der Waals surface area contributed by atoms with Crippen molar-refractivity contribution >= 4 is 10.9 Å². The van der Waals surface area contributed by atoms with Crippen LogP contribution < -0.4 is 10.3 Å². The average molecular weight is 481 g/mol. The third-order valence-electron chi connectivity index (χ3n) is 5.82. The number of halogens is 5. The summed E-state index contributed by atoms with van der Waals surface area (Å²) in [6, 6.07) is 9.83. The predicted octanol–water partition coefficient (Wildman–Crippen LogP) is 5.21. The van der Waals surface area contributed by atoms with E-state index in [1.54, 1.807) is 36.1 Å². The fourth-order valence-electron chi connectivity index (χ4n) is 4.29. The van der Waals surface area contributed by atoms with Crippen LogP contribution in [0.3, 0.4) is 0 Å². The van der Waals surface area contributed by atoms with Gasteiger partial charge in [0, 0.05) is 13.0 Å². The molecule has 0 radical (unpaired) electrons. The molecule has 1 aliphatic rings. The lowest BCUT2D eigenvalue weighted by Crippen LogP contribution is -2.43. The number of rotatable bonds is 6. The molecule has 0 atom stereocenters. The van der Waals surface area contributed by atoms with E-state index in [0.29, 0.717) is 44.0 Å². The Labute approximate surface area is 192 Å². The first-order chi connectivity index (χ1) is 16.0. The second-order valence-electron chi connectivity index (χ2n) is 8.43. The van der Waals surface area contributed by atoms with E-state index in [9.17, 15) is 26.7 Å². The van der Waals surface area contributed by atoms with E-state index in [4.69, 9.17) is 4.74 Å². The maximum atomic E-state index is 13.5. The predicted molar refractivity (Wildman–Crippen MR) is 118 cm³/mol. The van der Waals surface area contributed by atoms with Crippen molar-refractivity contribution in [3.63, 3.8) is 0 Å². The minimum Gasteiger partial charge on any atom is -0.494 e. The van der Waals surface area contributed by atoms with E-state index in [1.807, 2.05) is 0 Å². The molecule has 1 saturated heterocycles. The molecule has 2 aromatic carbocycles. The van der Waals surface area contributed by atoms with Crippen molar-refractivity contribution < 1.29 is 26.7 Å². The van der Waals surface area contributed by atoms with E-state index < -0.39 is 28.6 Å². The number of hydrogen-bond donors (Lipinski definition) is 0. The topological polar surface area (TPSA) is 47.4 Å². The Hall–Kier alpha value is -3.01. The Kier molecular flexibility index (Phi) is 6.62. The largest absolute Gasteiger partial charge is 0.494 e. The summed E-state index contributed by atoms with van der Waals surface area (Å²) < 4.78 is 74.1. The van der Waals surface area contributed by atoms with Crippen LogP contribution in [-0.4, -0.2) is 46.6 Å². The zero-order chi connectivity index (χ0) is 24.5. The summed E-state index contributed by atoms with van der Waals surface area (Å²) in [6.07, 6.45) is -3.71. The summed E-state index contributed by atoms with van der Waals surface area (Å²) in [7, 11) is 0. The molecule has 10 heteroatoms. The van der Waals surface area contributed by atoms with Crippen LogP contribution in [-0.2, 0) is 6.18 Å². The number of benzene rings is 2. The number of ether oxygens (including phenoxy) is 1. The van der Waals surface area contributed by atoms with Crippen LogP contribution in [0.25, 0.3) is 16.6 Å². The first-order valence-corrected chi connectivity index (χ1v) is 11.0. The van der Waals surface area contributed by atoms with Gasteiger partial charge in [-0.3, -0.25) is 14.3 Å². The van der Waals surface area contributed by atoms with Crippen LogP contribution in [0.5, 0.6) is 5.75 Å². The van der Waals surface area contributed by atoms with Crippen molar-refractivity contribution in [1.82, 2.24) is 14.5 Å². The highest BCUT2D eigenvalue weighted by atomic mass is 19.4. The number of fused-ring (bicyclic) bond motifs is 1. The van der Waals surface area contributed by atoms with Crippen molar-refractivity contribution in [3.05, 3.63) is 64.2 Å². The van der Waals surface area contributed by atoms with Crippen molar-refractivity contribution in [2.24, 2.45) is 0 Å². The number of hydrogen-bond acceptors (Lipinski definition) is 4. The normalized spacial score (nSPS) is 16.6. The van der Waals surface area contributed by atoms with Gasteiger partial charge in [0.15, 0.2) is 0 Å². The molecule has 1 aliphatic heterocycles. The number of alkyl halides is 5. The minimum atomic E-state index is -4.69. The second kappa shape index (κ2) is 9.32. The zero-order valence-corrected chi connectivity index (χ0v) is 18.5. The molecular formula is C24H24F5N3O2. The fourth-order valence-corrected chi connectivity index (χ4v) is 4.29. The molecule has 1 aromatic heterocycles. The Morgan fingerprint density at radius 3 is 2.53 bits per heavy atom. The Balaban J connectivity index is 1.47. The van der Waals surface area contributed by atoms with Crippen LogP contribution in [0.4, 0.5) is 22.0 Å². The molecule has 1 fully saturated rings. The van der Waals surface area contributed by atoms with Gasteiger partial charge in [0.05, 0.1) is 35.3 Å². The van der Waals surface area contributed by atoms with Gasteiger partial charge in [0.2, 0.25) is 0 Å². The standard InChI is InChI=1S/C24H24F5N3O2/c1-16-30-20-6-2-5-19(24(27,28)29)21(20)22(33)32(16)17-7-9-18(10-8-17)34-14-4-13-31-12-3-11-23(25,26)15-31/h2,5-10H,3-4,11-15H2,1H3. The highest BCUT2D eigenvalue weighted by Gasteiger charge is 2.35. The molecule has 34 heavy (non-hydrogen) atoms. The maximum Gasteiger partial charge on any atom is 0.417 e. The van der Waals surface area contributed by atoms with Gasteiger partial charge in [-0.25, -0.2) is 13.8 Å². The van der Waals surface area contributed by atoms with Gasteiger partial charge >= 0.3 is 6.18 Å².